The van der Waals surface area contributed by atoms with Crippen LogP contribution in [0.15, 0.2) is 18.3 Å². The van der Waals surface area contributed by atoms with Crippen LogP contribution in [0.4, 0.5) is 11.4 Å². The van der Waals surface area contributed by atoms with Gasteiger partial charge < -0.3 is 16.4 Å². The molecule has 1 heterocycles. The molecule has 21 heavy (non-hydrogen) atoms. The average Bonchev–Trinajstić information content (AvgIpc) is 3.04. The predicted molar refractivity (Wildman–Crippen MR) is 84.4 cm³/mol. The number of pyridine rings is 1. The summed E-state index contributed by atoms with van der Waals surface area (Å²) in [5, 5.41) is 7.11. The molecule has 4 unspecified atom stereocenters. The van der Waals surface area contributed by atoms with E-state index in [1.165, 1.54) is 0 Å². The van der Waals surface area contributed by atoms with Crippen LogP contribution in [0.5, 0.6) is 0 Å². The number of carbonyl (C=O) groups excluding carboxylic acids is 1. The average molecular weight is 307 g/mol. The summed E-state index contributed by atoms with van der Waals surface area (Å²) in [6.07, 6.45) is 6.88. The summed E-state index contributed by atoms with van der Waals surface area (Å²) in [6, 6.07) is -0.0103. The van der Waals surface area contributed by atoms with Crippen molar-refractivity contribution in [1.82, 2.24) is 4.98 Å². The maximum absolute atomic E-state index is 11.8. The minimum Gasteiger partial charge on any atom is -0.385 e. The van der Waals surface area contributed by atoms with Gasteiger partial charge in [0.15, 0.2) is 0 Å². The van der Waals surface area contributed by atoms with Crippen LogP contribution in [0.25, 0.3) is 0 Å². The first-order valence-electron chi connectivity index (χ1n) is 7.10. The molecule has 2 aliphatic rings. The van der Waals surface area contributed by atoms with Gasteiger partial charge in [0.2, 0.25) is 5.91 Å². The number of allylic oxidation sites excluding steroid dienone is 1. The van der Waals surface area contributed by atoms with Crippen LogP contribution < -0.4 is 16.4 Å². The van der Waals surface area contributed by atoms with E-state index in [4.69, 9.17) is 17.3 Å². The fraction of sp³-hybridized carbons (Fsp3) is 0.467. The highest BCUT2D eigenvalue weighted by Gasteiger charge is 2.47. The van der Waals surface area contributed by atoms with Crippen molar-refractivity contribution >= 4 is 28.9 Å². The number of nitrogens with two attached hydrogens (primary N) is 1. The molecule has 6 heteroatoms. The second-order valence-electron chi connectivity index (χ2n) is 5.74. The predicted octanol–water partition coefficient (Wildman–Crippen LogP) is 2.17. The summed E-state index contributed by atoms with van der Waals surface area (Å²) in [5.74, 6) is 0.123. The Labute approximate surface area is 129 Å². The van der Waals surface area contributed by atoms with E-state index < -0.39 is 0 Å². The maximum atomic E-state index is 11.8. The van der Waals surface area contributed by atoms with E-state index in [9.17, 15) is 4.79 Å². The van der Waals surface area contributed by atoms with Crippen LogP contribution >= 0.6 is 11.6 Å². The Bertz CT molecular complexity index is 616. The fourth-order valence-electron chi connectivity index (χ4n) is 3.60. The van der Waals surface area contributed by atoms with Crippen molar-refractivity contribution in [2.45, 2.75) is 19.4 Å². The molecule has 112 valence electrons. The topological polar surface area (TPSA) is 80.0 Å². The molecular weight excluding hydrogens is 288 g/mol. The molecule has 4 atom stereocenters. The van der Waals surface area contributed by atoms with Gasteiger partial charge in [-0.3, -0.25) is 9.78 Å². The van der Waals surface area contributed by atoms with Gasteiger partial charge in [-0.15, -0.1) is 0 Å². The molecule has 1 aromatic heterocycles. The van der Waals surface area contributed by atoms with E-state index in [1.807, 2.05) is 14.0 Å². The van der Waals surface area contributed by atoms with Crippen molar-refractivity contribution in [1.29, 1.82) is 0 Å². The fourth-order valence-corrected chi connectivity index (χ4v) is 3.80. The molecule has 4 N–H and O–H groups in total. The Morgan fingerprint density at radius 2 is 2.10 bits per heavy atom. The molecule has 1 aromatic rings. The molecule has 1 amide bonds. The number of fused-ring (bicyclic) bond motifs is 2. The number of nitrogens with zero attached hydrogens (tertiary/aromatic N) is 1. The number of nitrogens with one attached hydrogen (secondary N) is 2. The van der Waals surface area contributed by atoms with Gasteiger partial charge in [-0.05, 0) is 25.2 Å². The Morgan fingerprint density at radius 1 is 1.38 bits per heavy atom. The monoisotopic (exact) mass is 306 g/mol. The van der Waals surface area contributed by atoms with E-state index in [1.54, 1.807) is 6.20 Å². The van der Waals surface area contributed by atoms with Crippen LogP contribution in [0.2, 0.25) is 5.02 Å². The number of aromatic nitrogens is 1. The molecule has 0 radical (unpaired) electrons. The lowest BCUT2D eigenvalue weighted by Gasteiger charge is -2.29. The number of halogens is 1. The molecule has 1 saturated carbocycles. The van der Waals surface area contributed by atoms with Crippen molar-refractivity contribution in [3.8, 4) is 0 Å². The normalized spacial score (nSPS) is 29.7. The highest BCUT2D eigenvalue weighted by molar-refractivity contribution is 6.33. The zero-order valence-electron chi connectivity index (χ0n) is 12.1. The summed E-state index contributed by atoms with van der Waals surface area (Å²) in [7, 11) is 1.83. The molecule has 0 spiro atoms. The van der Waals surface area contributed by atoms with E-state index >= 15 is 0 Å². The van der Waals surface area contributed by atoms with E-state index in [2.05, 4.69) is 27.8 Å². The lowest BCUT2D eigenvalue weighted by atomic mass is 9.88. The van der Waals surface area contributed by atoms with Crippen LogP contribution in [-0.4, -0.2) is 24.0 Å². The number of hydrogen-bond donors (Lipinski definition) is 3. The lowest BCUT2D eigenvalue weighted by Crippen LogP contribution is -2.41. The van der Waals surface area contributed by atoms with Gasteiger partial charge in [0.1, 0.15) is 0 Å². The van der Waals surface area contributed by atoms with Gasteiger partial charge in [-0.1, -0.05) is 23.8 Å². The molecule has 3 rings (SSSR count). The molecule has 2 aliphatic carbocycles. The quantitative estimate of drug-likeness (QED) is 0.745. The van der Waals surface area contributed by atoms with Crippen molar-refractivity contribution in [2.75, 3.05) is 17.7 Å². The minimum atomic E-state index is -0.253. The summed E-state index contributed by atoms with van der Waals surface area (Å²) < 4.78 is 0. The van der Waals surface area contributed by atoms with E-state index in [0.717, 1.165) is 23.5 Å². The largest absolute Gasteiger partial charge is 0.385 e. The first-order valence-corrected chi connectivity index (χ1v) is 7.47. The number of anilines is 2. The van der Waals surface area contributed by atoms with Crippen LogP contribution in [0.1, 0.15) is 12.1 Å². The zero-order chi connectivity index (χ0) is 15.1. The zero-order valence-corrected chi connectivity index (χ0v) is 12.8. The second kappa shape index (κ2) is 5.22. The van der Waals surface area contributed by atoms with Crippen molar-refractivity contribution < 1.29 is 4.79 Å². The summed E-state index contributed by atoms with van der Waals surface area (Å²) in [5.41, 5.74) is 8.11. The highest BCUT2D eigenvalue weighted by atomic mass is 35.5. The van der Waals surface area contributed by atoms with E-state index in [-0.39, 0.29) is 23.8 Å². The third kappa shape index (κ3) is 2.25. The highest BCUT2D eigenvalue weighted by Crippen LogP contribution is 2.46. The van der Waals surface area contributed by atoms with Gasteiger partial charge in [0.25, 0.3) is 0 Å². The van der Waals surface area contributed by atoms with Gasteiger partial charge in [0, 0.05) is 19.3 Å². The van der Waals surface area contributed by atoms with Crippen molar-refractivity contribution in [3.63, 3.8) is 0 Å². The number of primary amides is 1. The number of hydrogen-bond acceptors (Lipinski definition) is 4. The molecule has 0 aliphatic heterocycles. The van der Waals surface area contributed by atoms with Crippen molar-refractivity contribution in [2.24, 2.45) is 23.5 Å². The summed E-state index contributed by atoms with van der Waals surface area (Å²) in [4.78, 5) is 16.0. The first-order chi connectivity index (χ1) is 10.0. The molecule has 0 aromatic carbocycles. The lowest BCUT2D eigenvalue weighted by molar-refractivity contribution is -0.122. The van der Waals surface area contributed by atoms with Crippen LogP contribution in [-0.2, 0) is 4.79 Å². The van der Waals surface area contributed by atoms with Gasteiger partial charge >= 0.3 is 0 Å². The van der Waals surface area contributed by atoms with E-state index in [0.29, 0.717) is 10.9 Å². The summed E-state index contributed by atoms with van der Waals surface area (Å²) in [6.45, 7) is 1.92. The number of amides is 1. The molecule has 0 saturated heterocycles. The van der Waals surface area contributed by atoms with Gasteiger partial charge in [0.05, 0.1) is 28.0 Å². The number of rotatable bonds is 4. The number of aryl methyl sites for hydroxylation is 1. The third-order valence-electron chi connectivity index (χ3n) is 4.57. The van der Waals surface area contributed by atoms with Crippen LogP contribution in [0.3, 0.4) is 0 Å². The van der Waals surface area contributed by atoms with Crippen molar-refractivity contribution in [3.05, 3.63) is 29.1 Å². The summed E-state index contributed by atoms with van der Waals surface area (Å²) >= 11 is 6.29. The third-order valence-corrected chi connectivity index (χ3v) is 4.86. The molecular formula is C15H19ClN4O. The Balaban J connectivity index is 1.95. The van der Waals surface area contributed by atoms with Gasteiger partial charge in [-0.2, -0.15) is 0 Å². The SMILES string of the molecule is CNc1c(C)ncc(Cl)c1NC1C2C=CC(C2)C1C(N)=O. The first kappa shape index (κ1) is 14.2. The minimum absolute atomic E-state index is 0.0103. The standard InChI is InChI=1S/C15H19ClN4O/c1-7-12(18-2)14(10(16)6-19-7)20-13-9-4-3-8(5-9)11(13)15(17)21/h3-4,6,8-9,11,13,18H,5H2,1-2H3,(H2,17,21)(H,19,20). The van der Waals surface area contributed by atoms with Gasteiger partial charge in [-0.25, -0.2) is 0 Å². The number of carbonyl (C=O) groups is 1. The Morgan fingerprint density at radius 3 is 2.76 bits per heavy atom. The smallest absolute Gasteiger partial charge is 0.223 e. The van der Waals surface area contributed by atoms with Crippen LogP contribution in [0, 0.1) is 24.7 Å². The molecule has 5 nitrogen and oxygen atoms in total. The Hall–Kier alpha value is -1.75. The molecule has 1 fully saturated rings. The Kier molecular flexibility index (Phi) is 3.53. The maximum Gasteiger partial charge on any atom is 0.223 e. The second-order valence-corrected chi connectivity index (χ2v) is 6.15. The molecule has 2 bridgehead atoms.